The lowest BCUT2D eigenvalue weighted by Gasteiger charge is -2.18. The fourth-order valence-corrected chi connectivity index (χ4v) is 2.51. The number of aryl methyl sites for hydroxylation is 1. The van der Waals surface area contributed by atoms with Crippen molar-refractivity contribution in [3.63, 3.8) is 0 Å². The molecule has 1 aromatic carbocycles. The predicted molar refractivity (Wildman–Crippen MR) is 77.4 cm³/mol. The minimum atomic E-state index is -0.182. The van der Waals surface area contributed by atoms with Crippen LogP contribution >= 0.6 is 15.9 Å². The Hall–Kier alpha value is -1.20. The van der Waals surface area contributed by atoms with E-state index in [9.17, 15) is 4.39 Å². The van der Waals surface area contributed by atoms with Gasteiger partial charge in [0.1, 0.15) is 5.82 Å². The Morgan fingerprint density at radius 1 is 1.47 bits per heavy atom. The summed E-state index contributed by atoms with van der Waals surface area (Å²) in [6.45, 7) is 2.81. The van der Waals surface area contributed by atoms with Gasteiger partial charge in [-0.05, 0) is 36.7 Å². The third kappa shape index (κ3) is 3.64. The van der Waals surface area contributed by atoms with Crippen molar-refractivity contribution in [2.75, 3.05) is 6.54 Å². The third-order valence-electron chi connectivity index (χ3n) is 2.98. The Morgan fingerprint density at radius 3 is 2.89 bits per heavy atom. The summed E-state index contributed by atoms with van der Waals surface area (Å²) in [6, 6.07) is 4.99. The second-order valence-electron chi connectivity index (χ2n) is 4.50. The molecule has 0 radical (unpaired) electrons. The zero-order valence-corrected chi connectivity index (χ0v) is 12.6. The van der Waals surface area contributed by atoms with Crippen LogP contribution in [0, 0.1) is 5.82 Å². The zero-order valence-electron chi connectivity index (χ0n) is 11.0. The van der Waals surface area contributed by atoms with Crippen LogP contribution in [0.25, 0.3) is 0 Å². The van der Waals surface area contributed by atoms with Gasteiger partial charge in [-0.15, -0.1) is 0 Å². The fourth-order valence-electron chi connectivity index (χ4n) is 2.13. The highest BCUT2D eigenvalue weighted by Gasteiger charge is 2.16. The van der Waals surface area contributed by atoms with Gasteiger partial charge < -0.3 is 5.32 Å². The van der Waals surface area contributed by atoms with Gasteiger partial charge in [-0.3, -0.25) is 4.68 Å². The standard InChI is InChI=1S/C14H17BrFN3/c1-3-17-14(6-10-8-18-19(2)9-10)12-7-11(15)4-5-13(12)16/h4-5,7-9,14,17H,3,6H2,1-2H3. The first-order valence-electron chi connectivity index (χ1n) is 6.26. The highest BCUT2D eigenvalue weighted by molar-refractivity contribution is 9.10. The van der Waals surface area contributed by atoms with Crippen LogP contribution < -0.4 is 5.32 Å². The highest BCUT2D eigenvalue weighted by atomic mass is 79.9. The Balaban J connectivity index is 2.26. The second kappa shape index (κ2) is 6.30. The van der Waals surface area contributed by atoms with Gasteiger partial charge in [0.15, 0.2) is 0 Å². The Morgan fingerprint density at radius 2 is 2.26 bits per heavy atom. The van der Waals surface area contributed by atoms with Crippen LogP contribution in [-0.2, 0) is 13.5 Å². The lowest BCUT2D eigenvalue weighted by Crippen LogP contribution is -2.23. The molecule has 0 bridgehead atoms. The monoisotopic (exact) mass is 325 g/mol. The van der Waals surface area contributed by atoms with Crippen molar-refractivity contribution in [2.24, 2.45) is 7.05 Å². The molecular weight excluding hydrogens is 309 g/mol. The summed E-state index contributed by atoms with van der Waals surface area (Å²) in [5.74, 6) is -0.182. The van der Waals surface area contributed by atoms with E-state index in [-0.39, 0.29) is 11.9 Å². The van der Waals surface area contributed by atoms with E-state index in [0.717, 1.165) is 23.0 Å². The molecule has 1 unspecified atom stereocenters. The molecule has 0 aliphatic carbocycles. The maximum atomic E-state index is 14.0. The highest BCUT2D eigenvalue weighted by Crippen LogP contribution is 2.24. The van der Waals surface area contributed by atoms with Gasteiger partial charge in [0.25, 0.3) is 0 Å². The predicted octanol–water partition coefficient (Wildman–Crippen LogP) is 3.22. The third-order valence-corrected chi connectivity index (χ3v) is 3.48. The first-order chi connectivity index (χ1) is 9.10. The molecule has 1 N–H and O–H groups in total. The molecule has 0 aliphatic heterocycles. The quantitative estimate of drug-likeness (QED) is 0.914. The first kappa shape index (κ1) is 14.2. The molecule has 0 fully saturated rings. The lowest BCUT2D eigenvalue weighted by molar-refractivity contribution is 0.509. The van der Waals surface area contributed by atoms with E-state index < -0.39 is 0 Å². The van der Waals surface area contributed by atoms with Crippen LogP contribution in [0.1, 0.15) is 24.1 Å². The minimum Gasteiger partial charge on any atom is -0.310 e. The van der Waals surface area contributed by atoms with Crippen molar-refractivity contribution >= 4 is 15.9 Å². The molecule has 1 atom stereocenters. The molecule has 0 spiro atoms. The van der Waals surface area contributed by atoms with Gasteiger partial charge in [0, 0.05) is 29.3 Å². The van der Waals surface area contributed by atoms with E-state index in [4.69, 9.17) is 0 Å². The summed E-state index contributed by atoms with van der Waals surface area (Å²) in [7, 11) is 1.88. The molecule has 2 rings (SSSR count). The molecule has 1 aromatic heterocycles. The number of hydrogen-bond acceptors (Lipinski definition) is 2. The van der Waals surface area contributed by atoms with E-state index in [1.807, 2.05) is 32.4 Å². The van der Waals surface area contributed by atoms with Crippen LogP contribution in [0.5, 0.6) is 0 Å². The SMILES string of the molecule is CCNC(Cc1cnn(C)c1)c1cc(Br)ccc1F. The number of aromatic nitrogens is 2. The molecule has 0 aliphatic rings. The topological polar surface area (TPSA) is 29.9 Å². The summed E-state index contributed by atoms with van der Waals surface area (Å²) >= 11 is 3.39. The smallest absolute Gasteiger partial charge is 0.128 e. The van der Waals surface area contributed by atoms with E-state index >= 15 is 0 Å². The second-order valence-corrected chi connectivity index (χ2v) is 5.42. The van der Waals surface area contributed by atoms with E-state index in [2.05, 4.69) is 26.3 Å². The van der Waals surface area contributed by atoms with E-state index in [1.54, 1.807) is 10.7 Å². The summed E-state index contributed by atoms with van der Waals surface area (Å²) in [4.78, 5) is 0. The minimum absolute atomic E-state index is 0.0494. The van der Waals surface area contributed by atoms with Gasteiger partial charge in [0.2, 0.25) is 0 Å². The Bertz CT molecular complexity index is 553. The number of rotatable bonds is 5. The molecule has 0 saturated carbocycles. The van der Waals surface area contributed by atoms with Crippen LogP contribution in [0.2, 0.25) is 0 Å². The Labute approximate surface area is 121 Å². The normalized spacial score (nSPS) is 12.6. The van der Waals surface area contributed by atoms with Crippen LogP contribution in [-0.4, -0.2) is 16.3 Å². The van der Waals surface area contributed by atoms with Gasteiger partial charge in [-0.25, -0.2) is 4.39 Å². The zero-order chi connectivity index (χ0) is 13.8. The van der Waals surface area contributed by atoms with Crippen molar-refractivity contribution in [3.05, 3.63) is 52.0 Å². The van der Waals surface area contributed by atoms with Gasteiger partial charge >= 0.3 is 0 Å². The molecule has 1 heterocycles. The van der Waals surface area contributed by atoms with Crippen molar-refractivity contribution in [3.8, 4) is 0 Å². The Kier molecular flexibility index (Phi) is 4.71. The average molecular weight is 326 g/mol. The number of nitrogens with one attached hydrogen (secondary N) is 1. The van der Waals surface area contributed by atoms with Gasteiger partial charge in [-0.1, -0.05) is 22.9 Å². The number of hydrogen-bond donors (Lipinski definition) is 1. The fraction of sp³-hybridized carbons (Fsp3) is 0.357. The van der Waals surface area contributed by atoms with Crippen LogP contribution in [0.15, 0.2) is 35.1 Å². The molecule has 2 aromatic rings. The lowest BCUT2D eigenvalue weighted by atomic mass is 10.00. The van der Waals surface area contributed by atoms with Crippen molar-refractivity contribution in [2.45, 2.75) is 19.4 Å². The number of benzene rings is 1. The van der Waals surface area contributed by atoms with Crippen molar-refractivity contribution in [1.82, 2.24) is 15.1 Å². The van der Waals surface area contributed by atoms with Crippen LogP contribution in [0.3, 0.4) is 0 Å². The molecule has 19 heavy (non-hydrogen) atoms. The molecule has 3 nitrogen and oxygen atoms in total. The van der Waals surface area contributed by atoms with E-state index in [1.165, 1.54) is 6.07 Å². The summed E-state index contributed by atoms with van der Waals surface area (Å²) in [6.07, 6.45) is 4.50. The van der Waals surface area contributed by atoms with Crippen molar-refractivity contribution < 1.29 is 4.39 Å². The number of halogens is 2. The molecule has 102 valence electrons. The van der Waals surface area contributed by atoms with Crippen molar-refractivity contribution in [1.29, 1.82) is 0 Å². The molecule has 0 amide bonds. The number of nitrogens with zero attached hydrogens (tertiary/aromatic N) is 2. The summed E-state index contributed by atoms with van der Waals surface area (Å²) in [5.41, 5.74) is 1.77. The molecular formula is C14H17BrFN3. The van der Waals surface area contributed by atoms with E-state index in [0.29, 0.717) is 5.56 Å². The van der Waals surface area contributed by atoms with Gasteiger partial charge in [-0.2, -0.15) is 5.10 Å². The average Bonchev–Trinajstić information content (AvgIpc) is 2.77. The number of likely N-dealkylation sites (N-methyl/N-ethyl adjacent to an activating group) is 1. The molecule has 0 saturated heterocycles. The largest absolute Gasteiger partial charge is 0.310 e. The first-order valence-corrected chi connectivity index (χ1v) is 7.05. The maximum Gasteiger partial charge on any atom is 0.128 e. The summed E-state index contributed by atoms with van der Waals surface area (Å²) in [5, 5.41) is 7.48. The molecule has 5 heteroatoms. The van der Waals surface area contributed by atoms with Crippen LogP contribution in [0.4, 0.5) is 4.39 Å². The maximum absolute atomic E-state index is 14.0. The van der Waals surface area contributed by atoms with Gasteiger partial charge in [0.05, 0.1) is 6.20 Å². The summed E-state index contributed by atoms with van der Waals surface area (Å²) < 4.78 is 16.6.